The Balaban J connectivity index is 1.80. The average molecular weight is 372 g/mol. The highest BCUT2D eigenvalue weighted by Crippen LogP contribution is 2.29. The Hall–Kier alpha value is -1.11. The van der Waals surface area contributed by atoms with Crippen molar-refractivity contribution in [3.8, 4) is 0 Å². The van der Waals surface area contributed by atoms with Crippen molar-refractivity contribution in [1.82, 2.24) is 4.90 Å². The van der Waals surface area contributed by atoms with Gasteiger partial charge in [-0.1, -0.05) is 30.2 Å². The first-order chi connectivity index (χ1) is 11.4. The largest absolute Gasteiger partial charge is 0.370 e. The van der Waals surface area contributed by atoms with Crippen LogP contribution in [0, 0.1) is 0 Å². The molecule has 3 rings (SSSR count). The van der Waals surface area contributed by atoms with Crippen LogP contribution in [0.3, 0.4) is 0 Å². The second kappa shape index (κ2) is 7.02. The van der Waals surface area contributed by atoms with Crippen molar-refractivity contribution < 1.29 is 17.9 Å². The van der Waals surface area contributed by atoms with Crippen molar-refractivity contribution in [2.75, 3.05) is 18.9 Å². The van der Waals surface area contributed by atoms with E-state index in [1.54, 1.807) is 11.0 Å². The molecular formula is C17H22ClNO4S. The molecule has 5 nitrogen and oxygen atoms in total. The number of halogens is 1. The van der Waals surface area contributed by atoms with Gasteiger partial charge in [-0.3, -0.25) is 4.79 Å². The lowest BCUT2D eigenvalue weighted by molar-refractivity contribution is -0.144. The van der Waals surface area contributed by atoms with Crippen LogP contribution in [0.4, 0.5) is 0 Å². The van der Waals surface area contributed by atoms with Gasteiger partial charge in [0.15, 0.2) is 9.84 Å². The molecule has 0 saturated carbocycles. The zero-order chi connectivity index (χ0) is 17.3. The molecule has 2 aliphatic rings. The van der Waals surface area contributed by atoms with Crippen LogP contribution < -0.4 is 0 Å². The van der Waals surface area contributed by atoms with Gasteiger partial charge in [0, 0.05) is 5.02 Å². The van der Waals surface area contributed by atoms with E-state index in [-0.39, 0.29) is 23.8 Å². The van der Waals surface area contributed by atoms with Crippen LogP contribution in [-0.4, -0.2) is 49.4 Å². The zero-order valence-electron chi connectivity index (χ0n) is 13.7. The molecular weight excluding hydrogens is 350 g/mol. The standard InChI is InChI=1S/C17H22ClNO4S/c1-12-11-23-15(13-5-4-6-14(18)9-13)10-19(12)17(20)16-7-2-3-8-24(16,21)22/h4-6,9,12,15-16H,2-3,7-8,10-11H2,1H3. The number of hydrogen-bond acceptors (Lipinski definition) is 4. The number of hydrogen-bond donors (Lipinski definition) is 0. The summed E-state index contributed by atoms with van der Waals surface area (Å²) in [5, 5.41) is -0.283. The van der Waals surface area contributed by atoms with Crippen molar-refractivity contribution in [3.63, 3.8) is 0 Å². The third-order valence-electron chi connectivity index (χ3n) is 4.79. The smallest absolute Gasteiger partial charge is 0.241 e. The Bertz CT molecular complexity index is 721. The van der Waals surface area contributed by atoms with Crippen molar-refractivity contribution in [1.29, 1.82) is 0 Å². The number of nitrogens with zero attached hydrogens (tertiary/aromatic N) is 1. The molecule has 0 N–H and O–H groups in total. The third-order valence-corrected chi connectivity index (χ3v) is 7.19. The molecule has 7 heteroatoms. The summed E-state index contributed by atoms with van der Waals surface area (Å²) in [5.41, 5.74) is 0.902. The number of rotatable bonds is 2. The van der Waals surface area contributed by atoms with E-state index in [2.05, 4.69) is 0 Å². The molecule has 1 aromatic carbocycles. The highest BCUT2D eigenvalue weighted by Gasteiger charge is 2.41. The Kier molecular flexibility index (Phi) is 5.18. The summed E-state index contributed by atoms with van der Waals surface area (Å²) in [6.45, 7) is 2.63. The minimum Gasteiger partial charge on any atom is -0.370 e. The van der Waals surface area contributed by atoms with E-state index in [9.17, 15) is 13.2 Å². The molecule has 2 saturated heterocycles. The summed E-state index contributed by atoms with van der Waals surface area (Å²) < 4.78 is 30.4. The molecule has 0 bridgehead atoms. The number of morpholine rings is 1. The highest BCUT2D eigenvalue weighted by atomic mass is 35.5. The molecule has 0 aliphatic carbocycles. The van der Waals surface area contributed by atoms with E-state index in [1.165, 1.54) is 0 Å². The molecule has 1 aromatic rings. The fourth-order valence-electron chi connectivity index (χ4n) is 3.39. The Morgan fingerprint density at radius 3 is 2.83 bits per heavy atom. The molecule has 0 aromatic heterocycles. The number of carbonyl (C=O) groups excluding carboxylic acids is 1. The number of benzene rings is 1. The van der Waals surface area contributed by atoms with Crippen LogP contribution in [0.25, 0.3) is 0 Å². The van der Waals surface area contributed by atoms with Gasteiger partial charge >= 0.3 is 0 Å². The zero-order valence-corrected chi connectivity index (χ0v) is 15.2. The Morgan fingerprint density at radius 1 is 1.33 bits per heavy atom. The lowest BCUT2D eigenvalue weighted by atomic mass is 10.0. The first-order valence-electron chi connectivity index (χ1n) is 8.27. The van der Waals surface area contributed by atoms with Gasteiger partial charge in [-0.2, -0.15) is 0 Å². The topological polar surface area (TPSA) is 63.7 Å². The van der Waals surface area contributed by atoms with Crippen molar-refractivity contribution in [2.45, 2.75) is 43.6 Å². The number of sulfone groups is 1. The summed E-state index contributed by atoms with van der Waals surface area (Å²) in [5.74, 6) is -0.169. The fraction of sp³-hybridized carbons (Fsp3) is 0.588. The maximum absolute atomic E-state index is 12.9. The summed E-state index contributed by atoms with van der Waals surface area (Å²) in [4.78, 5) is 14.6. The van der Waals surface area contributed by atoms with E-state index in [4.69, 9.17) is 16.3 Å². The second-order valence-electron chi connectivity index (χ2n) is 6.57. The number of amides is 1. The highest BCUT2D eigenvalue weighted by molar-refractivity contribution is 7.92. The first kappa shape index (κ1) is 17.7. The quantitative estimate of drug-likeness (QED) is 0.801. The van der Waals surface area contributed by atoms with Crippen LogP contribution in [0.2, 0.25) is 5.02 Å². The first-order valence-corrected chi connectivity index (χ1v) is 10.4. The minimum absolute atomic E-state index is 0.111. The van der Waals surface area contributed by atoms with Gasteiger partial charge in [-0.05, 0) is 37.5 Å². The molecule has 1 amide bonds. The molecule has 24 heavy (non-hydrogen) atoms. The third kappa shape index (κ3) is 3.60. The van der Waals surface area contributed by atoms with Crippen LogP contribution in [0.15, 0.2) is 24.3 Å². The van der Waals surface area contributed by atoms with Crippen LogP contribution in [0.5, 0.6) is 0 Å². The minimum atomic E-state index is -3.34. The van der Waals surface area contributed by atoms with Gasteiger partial charge in [0.1, 0.15) is 11.4 Å². The Morgan fingerprint density at radius 2 is 2.12 bits per heavy atom. The molecule has 2 fully saturated rings. The van der Waals surface area contributed by atoms with Gasteiger partial charge in [0.25, 0.3) is 0 Å². The molecule has 3 atom stereocenters. The van der Waals surface area contributed by atoms with E-state index < -0.39 is 15.1 Å². The van der Waals surface area contributed by atoms with E-state index in [0.717, 1.165) is 12.0 Å². The summed E-state index contributed by atoms with van der Waals surface area (Å²) in [6, 6.07) is 7.23. The van der Waals surface area contributed by atoms with Crippen molar-refractivity contribution in [3.05, 3.63) is 34.9 Å². The predicted octanol–water partition coefficient (Wildman–Crippen LogP) is 2.60. The monoisotopic (exact) mass is 371 g/mol. The molecule has 0 spiro atoms. The van der Waals surface area contributed by atoms with E-state index in [0.29, 0.717) is 31.0 Å². The maximum Gasteiger partial charge on any atom is 0.241 e. The predicted molar refractivity (Wildman–Crippen MR) is 92.7 cm³/mol. The summed E-state index contributed by atoms with van der Waals surface area (Å²) >= 11 is 6.04. The number of ether oxygens (including phenoxy) is 1. The van der Waals surface area contributed by atoms with Crippen LogP contribution >= 0.6 is 11.6 Å². The lowest BCUT2D eigenvalue weighted by Gasteiger charge is -2.40. The van der Waals surface area contributed by atoms with Crippen molar-refractivity contribution in [2.24, 2.45) is 0 Å². The second-order valence-corrected chi connectivity index (χ2v) is 9.31. The Labute approximate surface area is 147 Å². The van der Waals surface area contributed by atoms with Crippen LogP contribution in [-0.2, 0) is 19.4 Å². The molecule has 0 radical (unpaired) electrons. The molecule has 2 heterocycles. The van der Waals surface area contributed by atoms with Gasteiger partial charge in [-0.15, -0.1) is 0 Å². The van der Waals surface area contributed by atoms with Gasteiger partial charge in [0.2, 0.25) is 5.91 Å². The average Bonchev–Trinajstić information content (AvgIpc) is 2.54. The normalized spacial score (nSPS) is 30.1. The van der Waals surface area contributed by atoms with Gasteiger partial charge in [0.05, 0.1) is 24.9 Å². The SMILES string of the molecule is CC1COC(c2cccc(Cl)c2)CN1C(=O)C1CCCCS1(=O)=O. The van der Waals surface area contributed by atoms with Gasteiger partial charge in [-0.25, -0.2) is 8.42 Å². The number of carbonyl (C=O) groups is 1. The summed E-state index contributed by atoms with van der Waals surface area (Å²) in [6.07, 6.45) is 1.57. The fourth-order valence-corrected chi connectivity index (χ4v) is 5.45. The molecule has 2 aliphatic heterocycles. The van der Waals surface area contributed by atoms with Crippen molar-refractivity contribution >= 4 is 27.3 Å². The van der Waals surface area contributed by atoms with E-state index in [1.807, 2.05) is 25.1 Å². The lowest BCUT2D eigenvalue weighted by Crippen LogP contribution is -2.54. The maximum atomic E-state index is 12.9. The molecule has 132 valence electrons. The van der Waals surface area contributed by atoms with E-state index >= 15 is 0 Å². The van der Waals surface area contributed by atoms with Crippen LogP contribution in [0.1, 0.15) is 37.9 Å². The summed E-state index contributed by atoms with van der Waals surface area (Å²) in [7, 11) is -3.34. The van der Waals surface area contributed by atoms with Gasteiger partial charge < -0.3 is 9.64 Å². The molecule has 3 unspecified atom stereocenters.